The second-order valence-electron chi connectivity index (χ2n) is 4.88. The summed E-state index contributed by atoms with van der Waals surface area (Å²) in [5, 5.41) is 0. The van der Waals surface area contributed by atoms with Crippen LogP contribution in [0.15, 0.2) is 23.8 Å². The molecule has 0 unspecified atom stereocenters. The van der Waals surface area contributed by atoms with E-state index < -0.39 is 0 Å². The molecule has 0 amide bonds. The number of nitrogen functional groups attached to an aromatic ring is 1. The predicted molar refractivity (Wildman–Crippen MR) is 67.8 cm³/mol. The molecule has 0 atom stereocenters. The maximum atomic E-state index is 13.5. The van der Waals surface area contributed by atoms with Crippen molar-refractivity contribution in [2.24, 2.45) is 0 Å². The lowest BCUT2D eigenvalue weighted by atomic mass is 10.1. The Hall–Kier alpha value is -1.51. The van der Waals surface area contributed by atoms with Gasteiger partial charge in [-0.3, -0.25) is 0 Å². The molecule has 2 nitrogen and oxygen atoms in total. The quantitative estimate of drug-likeness (QED) is 0.794. The van der Waals surface area contributed by atoms with Crippen LogP contribution < -0.4 is 5.73 Å². The van der Waals surface area contributed by atoms with E-state index in [1.807, 2.05) is 6.07 Å². The van der Waals surface area contributed by atoms with Gasteiger partial charge in [0.15, 0.2) is 0 Å². The Balaban J connectivity index is 1.99. The molecule has 0 radical (unpaired) electrons. The Morgan fingerprint density at radius 3 is 2.47 bits per heavy atom. The van der Waals surface area contributed by atoms with Gasteiger partial charge in [0.1, 0.15) is 5.82 Å². The summed E-state index contributed by atoms with van der Waals surface area (Å²) in [6.45, 7) is 2.20. The first kappa shape index (κ1) is 10.6. The molecule has 1 saturated carbocycles. The molecule has 0 spiro atoms. The van der Waals surface area contributed by atoms with Crippen molar-refractivity contribution in [3.63, 3.8) is 0 Å². The SMILES string of the molecule is Nc1ccc(C(=C2CC2)N2CCCC2)cc1F. The summed E-state index contributed by atoms with van der Waals surface area (Å²) in [4.78, 5) is 2.40. The first-order valence-electron chi connectivity index (χ1n) is 6.28. The van der Waals surface area contributed by atoms with E-state index in [2.05, 4.69) is 4.90 Å². The van der Waals surface area contributed by atoms with Crippen molar-refractivity contribution < 1.29 is 4.39 Å². The van der Waals surface area contributed by atoms with Gasteiger partial charge in [-0.1, -0.05) is 6.07 Å². The topological polar surface area (TPSA) is 29.3 Å². The lowest BCUT2D eigenvalue weighted by molar-refractivity contribution is 0.491. The summed E-state index contributed by atoms with van der Waals surface area (Å²) < 4.78 is 13.5. The minimum Gasteiger partial charge on any atom is -0.396 e. The van der Waals surface area contributed by atoms with Gasteiger partial charge in [-0.15, -0.1) is 0 Å². The maximum Gasteiger partial charge on any atom is 0.146 e. The highest BCUT2D eigenvalue weighted by Gasteiger charge is 2.25. The Kier molecular flexibility index (Phi) is 2.54. The number of rotatable bonds is 2. The molecule has 0 aromatic heterocycles. The van der Waals surface area contributed by atoms with Crippen molar-refractivity contribution in [2.75, 3.05) is 18.8 Å². The Bertz CT molecular complexity index is 467. The first-order chi connectivity index (χ1) is 8.25. The Labute approximate surface area is 101 Å². The van der Waals surface area contributed by atoms with Gasteiger partial charge in [0, 0.05) is 24.4 Å². The monoisotopic (exact) mass is 232 g/mol. The smallest absolute Gasteiger partial charge is 0.146 e. The highest BCUT2D eigenvalue weighted by Crippen LogP contribution is 2.39. The first-order valence-corrected chi connectivity index (χ1v) is 6.28. The summed E-state index contributed by atoms with van der Waals surface area (Å²) in [7, 11) is 0. The number of hydrogen-bond donors (Lipinski definition) is 1. The van der Waals surface area contributed by atoms with Gasteiger partial charge in [-0.25, -0.2) is 4.39 Å². The van der Waals surface area contributed by atoms with Crippen molar-refractivity contribution in [3.8, 4) is 0 Å². The third-order valence-corrected chi connectivity index (χ3v) is 3.53. The van der Waals surface area contributed by atoms with Crippen LogP contribution in [-0.4, -0.2) is 18.0 Å². The van der Waals surface area contributed by atoms with Crippen LogP contribution in [0.1, 0.15) is 31.2 Å². The third-order valence-electron chi connectivity index (χ3n) is 3.53. The average Bonchev–Trinajstić information content (AvgIpc) is 2.99. The normalized spacial score (nSPS) is 18.6. The molecule has 2 fully saturated rings. The standard InChI is InChI=1S/C14H17FN2/c15-12-9-11(5-6-13(12)16)14(10-3-4-10)17-7-1-2-8-17/h5-6,9H,1-4,7-8,16H2. The summed E-state index contributed by atoms with van der Waals surface area (Å²) in [6.07, 6.45) is 4.82. The zero-order chi connectivity index (χ0) is 11.8. The summed E-state index contributed by atoms with van der Waals surface area (Å²) >= 11 is 0. The predicted octanol–water partition coefficient (Wildman–Crippen LogP) is 3.01. The molecule has 1 aromatic carbocycles. The van der Waals surface area contributed by atoms with Gasteiger partial charge in [0.25, 0.3) is 0 Å². The summed E-state index contributed by atoms with van der Waals surface area (Å²) in [6, 6.07) is 5.19. The van der Waals surface area contributed by atoms with E-state index in [1.165, 1.54) is 24.1 Å². The van der Waals surface area contributed by atoms with Gasteiger partial charge in [0.2, 0.25) is 0 Å². The van der Waals surface area contributed by atoms with Gasteiger partial charge in [0.05, 0.1) is 5.69 Å². The van der Waals surface area contributed by atoms with Gasteiger partial charge in [-0.05, 0) is 43.4 Å². The molecule has 2 N–H and O–H groups in total. The van der Waals surface area contributed by atoms with Crippen molar-refractivity contribution in [1.29, 1.82) is 0 Å². The molecule has 1 aliphatic heterocycles. The molecule has 1 aromatic rings. The molecule has 1 saturated heterocycles. The molecule has 17 heavy (non-hydrogen) atoms. The van der Waals surface area contributed by atoms with Crippen LogP contribution in [0.3, 0.4) is 0 Å². The molecule has 90 valence electrons. The van der Waals surface area contributed by atoms with Gasteiger partial charge >= 0.3 is 0 Å². The minimum atomic E-state index is -0.305. The second-order valence-corrected chi connectivity index (χ2v) is 4.88. The number of hydrogen-bond acceptors (Lipinski definition) is 2. The summed E-state index contributed by atoms with van der Waals surface area (Å²) in [5.74, 6) is -0.305. The lowest BCUT2D eigenvalue weighted by Gasteiger charge is -2.22. The number of nitrogens with zero attached hydrogens (tertiary/aromatic N) is 1. The van der Waals surface area contributed by atoms with Crippen LogP contribution in [0.5, 0.6) is 0 Å². The van der Waals surface area contributed by atoms with E-state index in [0.717, 1.165) is 31.5 Å². The Morgan fingerprint density at radius 1 is 1.18 bits per heavy atom. The fourth-order valence-electron chi connectivity index (χ4n) is 2.52. The molecule has 0 bridgehead atoms. The summed E-state index contributed by atoms with van der Waals surface area (Å²) in [5.41, 5.74) is 9.49. The van der Waals surface area contributed by atoms with E-state index in [0.29, 0.717) is 0 Å². The van der Waals surface area contributed by atoms with Crippen molar-refractivity contribution in [1.82, 2.24) is 4.90 Å². The van der Waals surface area contributed by atoms with Crippen LogP contribution in [0.2, 0.25) is 0 Å². The van der Waals surface area contributed by atoms with Gasteiger partial charge < -0.3 is 10.6 Å². The Morgan fingerprint density at radius 2 is 1.88 bits per heavy atom. The lowest BCUT2D eigenvalue weighted by Crippen LogP contribution is -2.17. The van der Waals surface area contributed by atoms with Crippen LogP contribution in [-0.2, 0) is 0 Å². The third kappa shape index (κ3) is 2.02. The maximum absolute atomic E-state index is 13.5. The zero-order valence-electron chi connectivity index (χ0n) is 9.88. The van der Waals surface area contributed by atoms with Crippen LogP contribution in [0.25, 0.3) is 5.70 Å². The fourth-order valence-corrected chi connectivity index (χ4v) is 2.52. The average molecular weight is 232 g/mol. The number of allylic oxidation sites excluding steroid dienone is 1. The second kappa shape index (κ2) is 4.06. The van der Waals surface area contributed by atoms with E-state index >= 15 is 0 Å². The van der Waals surface area contributed by atoms with Crippen molar-refractivity contribution in [3.05, 3.63) is 35.2 Å². The van der Waals surface area contributed by atoms with Crippen LogP contribution in [0.4, 0.5) is 10.1 Å². The number of anilines is 1. The zero-order valence-corrected chi connectivity index (χ0v) is 9.88. The number of halogens is 1. The molecule has 1 aliphatic carbocycles. The molecular formula is C14H17FN2. The highest BCUT2D eigenvalue weighted by molar-refractivity contribution is 5.71. The molecule has 3 rings (SSSR count). The van der Waals surface area contributed by atoms with E-state index in [-0.39, 0.29) is 11.5 Å². The molecule has 1 heterocycles. The minimum absolute atomic E-state index is 0.232. The van der Waals surface area contributed by atoms with E-state index in [4.69, 9.17) is 5.73 Å². The number of likely N-dealkylation sites (tertiary alicyclic amines) is 1. The van der Waals surface area contributed by atoms with Crippen LogP contribution >= 0.6 is 0 Å². The fraction of sp³-hybridized carbons (Fsp3) is 0.429. The number of benzene rings is 1. The van der Waals surface area contributed by atoms with E-state index in [1.54, 1.807) is 12.1 Å². The van der Waals surface area contributed by atoms with E-state index in [9.17, 15) is 4.39 Å². The molecule has 2 aliphatic rings. The van der Waals surface area contributed by atoms with Crippen LogP contribution in [0, 0.1) is 5.82 Å². The van der Waals surface area contributed by atoms with Crippen molar-refractivity contribution >= 4 is 11.4 Å². The molecule has 3 heteroatoms. The highest BCUT2D eigenvalue weighted by atomic mass is 19.1. The molecular weight excluding hydrogens is 215 g/mol. The van der Waals surface area contributed by atoms with Gasteiger partial charge in [-0.2, -0.15) is 0 Å². The largest absolute Gasteiger partial charge is 0.396 e. The number of nitrogens with two attached hydrogens (primary N) is 1. The van der Waals surface area contributed by atoms with Crippen molar-refractivity contribution in [2.45, 2.75) is 25.7 Å².